The quantitative estimate of drug-likeness (QED) is 0.667. The lowest BCUT2D eigenvalue weighted by Crippen LogP contribution is -2.16. The maximum absolute atomic E-state index is 10.4. The topological polar surface area (TPSA) is 56.0 Å². The van der Waals surface area contributed by atoms with Crippen LogP contribution in [0.3, 0.4) is 0 Å². The van der Waals surface area contributed by atoms with Crippen LogP contribution in [-0.2, 0) is 5.41 Å². The highest BCUT2D eigenvalue weighted by atomic mass is 16.1. The summed E-state index contributed by atoms with van der Waals surface area (Å²) in [4.78, 5) is 14.6. The molecule has 1 aromatic rings. The molecule has 0 spiro atoms. The van der Waals surface area contributed by atoms with Gasteiger partial charge >= 0.3 is 0 Å². The summed E-state index contributed by atoms with van der Waals surface area (Å²) in [6, 6.07) is 1.65. The lowest BCUT2D eigenvalue weighted by molar-refractivity contribution is 0.112. The van der Waals surface area contributed by atoms with Gasteiger partial charge in [-0.05, 0) is 6.07 Å². The van der Waals surface area contributed by atoms with Crippen LogP contribution in [0.15, 0.2) is 12.3 Å². The number of carbonyl (C=O) groups excluding carboxylic acids is 1. The van der Waals surface area contributed by atoms with Gasteiger partial charge in [-0.3, -0.25) is 9.78 Å². The molecular formula is C10H14N2O. The van der Waals surface area contributed by atoms with E-state index in [1.165, 1.54) is 0 Å². The van der Waals surface area contributed by atoms with Crippen molar-refractivity contribution in [1.29, 1.82) is 0 Å². The monoisotopic (exact) mass is 178 g/mol. The van der Waals surface area contributed by atoms with Gasteiger partial charge in [-0.15, -0.1) is 0 Å². The van der Waals surface area contributed by atoms with Crippen LogP contribution in [0, 0.1) is 0 Å². The average Bonchev–Trinajstić information content (AvgIpc) is 2.01. The highest BCUT2D eigenvalue weighted by molar-refractivity contribution is 5.76. The standard InChI is InChI=1S/C10H14N2O/c1-10(2,3)9-8(11)4-7(6-13)5-12-9/h4-6H,11H2,1-3H3. The first-order valence-corrected chi connectivity index (χ1v) is 4.16. The van der Waals surface area contributed by atoms with Crippen molar-refractivity contribution in [2.45, 2.75) is 26.2 Å². The molecule has 3 heteroatoms. The molecule has 0 saturated heterocycles. The van der Waals surface area contributed by atoms with Crippen molar-refractivity contribution in [3.63, 3.8) is 0 Å². The number of nitrogens with two attached hydrogens (primary N) is 1. The number of carbonyl (C=O) groups is 1. The van der Waals surface area contributed by atoms with Crippen LogP contribution in [0.25, 0.3) is 0 Å². The van der Waals surface area contributed by atoms with Gasteiger partial charge in [0.15, 0.2) is 6.29 Å². The minimum atomic E-state index is -0.0779. The molecule has 0 aromatic carbocycles. The smallest absolute Gasteiger partial charge is 0.151 e. The van der Waals surface area contributed by atoms with E-state index in [2.05, 4.69) is 4.98 Å². The Bertz CT molecular complexity index is 326. The normalized spacial score (nSPS) is 11.3. The minimum Gasteiger partial charge on any atom is -0.397 e. The van der Waals surface area contributed by atoms with Gasteiger partial charge in [-0.25, -0.2) is 0 Å². The van der Waals surface area contributed by atoms with Crippen molar-refractivity contribution in [2.75, 3.05) is 5.73 Å². The molecule has 0 amide bonds. The SMILES string of the molecule is CC(C)(C)c1ncc(C=O)cc1N. The summed E-state index contributed by atoms with van der Waals surface area (Å²) in [6.07, 6.45) is 2.29. The van der Waals surface area contributed by atoms with Crippen molar-refractivity contribution < 1.29 is 4.79 Å². The van der Waals surface area contributed by atoms with Gasteiger partial charge in [-0.1, -0.05) is 20.8 Å². The Labute approximate surface area is 78.0 Å². The first-order valence-electron chi connectivity index (χ1n) is 4.16. The van der Waals surface area contributed by atoms with Crippen LogP contribution in [-0.4, -0.2) is 11.3 Å². The summed E-state index contributed by atoms with van der Waals surface area (Å²) in [5.74, 6) is 0. The molecule has 0 fully saturated rings. The van der Waals surface area contributed by atoms with Crippen LogP contribution in [0.5, 0.6) is 0 Å². The predicted molar refractivity (Wildman–Crippen MR) is 52.7 cm³/mol. The molecule has 13 heavy (non-hydrogen) atoms. The molecule has 0 aliphatic rings. The number of nitrogens with zero attached hydrogens (tertiary/aromatic N) is 1. The van der Waals surface area contributed by atoms with Gasteiger partial charge in [0.25, 0.3) is 0 Å². The Morgan fingerprint density at radius 1 is 1.46 bits per heavy atom. The molecule has 70 valence electrons. The summed E-state index contributed by atoms with van der Waals surface area (Å²) in [6.45, 7) is 6.10. The van der Waals surface area contributed by atoms with E-state index in [0.29, 0.717) is 11.3 Å². The van der Waals surface area contributed by atoms with E-state index < -0.39 is 0 Å². The van der Waals surface area contributed by atoms with E-state index in [0.717, 1.165) is 12.0 Å². The van der Waals surface area contributed by atoms with Crippen molar-refractivity contribution in [2.24, 2.45) is 0 Å². The van der Waals surface area contributed by atoms with Gasteiger partial charge in [0, 0.05) is 17.2 Å². The highest BCUT2D eigenvalue weighted by Crippen LogP contribution is 2.25. The Kier molecular flexibility index (Phi) is 2.36. The van der Waals surface area contributed by atoms with Gasteiger partial charge in [0.1, 0.15) is 0 Å². The zero-order chi connectivity index (χ0) is 10.1. The molecule has 0 aliphatic heterocycles. The summed E-state index contributed by atoms with van der Waals surface area (Å²) in [7, 11) is 0. The molecule has 0 aliphatic carbocycles. The Balaban J connectivity index is 3.20. The second kappa shape index (κ2) is 3.17. The molecule has 0 atom stereocenters. The fourth-order valence-corrected chi connectivity index (χ4v) is 1.19. The Morgan fingerprint density at radius 3 is 2.46 bits per heavy atom. The molecular weight excluding hydrogens is 164 g/mol. The number of anilines is 1. The fraction of sp³-hybridized carbons (Fsp3) is 0.400. The zero-order valence-electron chi connectivity index (χ0n) is 8.16. The Hall–Kier alpha value is -1.38. The van der Waals surface area contributed by atoms with E-state index in [4.69, 9.17) is 5.73 Å². The number of hydrogen-bond acceptors (Lipinski definition) is 3. The molecule has 3 nitrogen and oxygen atoms in total. The minimum absolute atomic E-state index is 0.0779. The predicted octanol–water partition coefficient (Wildman–Crippen LogP) is 1.77. The van der Waals surface area contributed by atoms with Crippen LogP contribution in [0.1, 0.15) is 36.8 Å². The van der Waals surface area contributed by atoms with E-state index >= 15 is 0 Å². The van der Waals surface area contributed by atoms with Crippen molar-refractivity contribution in [3.8, 4) is 0 Å². The van der Waals surface area contributed by atoms with Crippen molar-refractivity contribution >= 4 is 12.0 Å². The van der Waals surface area contributed by atoms with Crippen LogP contribution < -0.4 is 5.73 Å². The molecule has 0 radical (unpaired) electrons. The van der Waals surface area contributed by atoms with E-state index in [-0.39, 0.29) is 5.41 Å². The Morgan fingerprint density at radius 2 is 2.08 bits per heavy atom. The fourth-order valence-electron chi connectivity index (χ4n) is 1.19. The van der Waals surface area contributed by atoms with Crippen LogP contribution in [0.2, 0.25) is 0 Å². The zero-order valence-corrected chi connectivity index (χ0v) is 8.16. The second-order valence-corrected chi connectivity index (χ2v) is 4.07. The molecule has 0 saturated carbocycles. The molecule has 1 aromatic heterocycles. The van der Waals surface area contributed by atoms with Gasteiger partial charge in [0.2, 0.25) is 0 Å². The first-order chi connectivity index (χ1) is 5.95. The second-order valence-electron chi connectivity index (χ2n) is 4.07. The van der Waals surface area contributed by atoms with E-state index in [1.54, 1.807) is 12.3 Å². The molecule has 0 bridgehead atoms. The number of rotatable bonds is 1. The number of nitrogen functional groups attached to an aromatic ring is 1. The molecule has 1 rings (SSSR count). The lowest BCUT2D eigenvalue weighted by Gasteiger charge is -2.19. The average molecular weight is 178 g/mol. The first kappa shape index (κ1) is 9.71. The van der Waals surface area contributed by atoms with Gasteiger partial charge < -0.3 is 5.73 Å². The number of aldehydes is 1. The summed E-state index contributed by atoms with van der Waals surface area (Å²) < 4.78 is 0. The van der Waals surface area contributed by atoms with Crippen LogP contribution in [0.4, 0.5) is 5.69 Å². The third kappa shape index (κ3) is 2.05. The number of pyridine rings is 1. The van der Waals surface area contributed by atoms with Gasteiger partial charge in [-0.2, -0.15) is 0 Å². The molecule has 2 N–H and O–H groups in total. The highest BCUT2D eigenvalue weighted by Gasteiger charge is 2.18. The largest absolute Gasteiger partial charge is 0.397 e. The summed E-state index contributed by atoms with van der Waals surface area (Å²) in [5, 5.41) is 0. The van der Waals surface area contributed by atoms with Crippen molar-refractivity contribution in [1.82, 2.24) is 4.98 Å². The van der Waals surface area contributed by atoms with Gasteiger partial charge in [0.05, 0.1) is 11.4 Å². The van der Waals surface area contributed by atoms with Crippen LogP contribution >= 0.6 is 0 Å². The third-order valence-corrected chi connectivity index (χ3v) is 1.78. The molecule has 0 unspecified atom stereocenters. The number of aromatic nitrogens is 1. The van der Waals surface area contributed by atoms with E-state index in [1.807, 2.05) is 20.8 Å². The van der Waals surface area contributed by atoms with Crippen molar-refractivity contribution in [3.05, 3.63) is 23.5 Å². The maximum atomic E-state index is 10.4. The van der Waals surface area contributed by atoms with E-state index in [9.17, 15) is 4.79 Å². The number of hydrogen-bond donors (Lipinski definition) is 1. The molecule has 1 heterocycles. The third-order valence-electron chi connectivity index (χ3n) is 1.78. The maximum Gasteiger partial charge on any atom is 0.151 e. The summed E-state index contributed by atoms with van der Waals surface area (Å²) in [5.41, 5.74) is 7.62. The lowest BCUT2D eigenvalue weighted by atomic mass is 9.90. The summed E-state index contributed by atoms with van der Waals surface area (Å²) >= 11 is 0.